The fourth-order valence-electron chi connectivity index (χ4n) is 5.97. The van der Waals surface area contributed by atoms with E-state index >= 15 is 0 Å². The molecule has 0 aliphatic carbocycles. The highest BCUT2D eigenvalue weighted by atomic mass is 28.4. The minimum absolute atomic E-state index is 0.0158. The molecule has 2 aliphatic heterocycles. The van der Waals surface area contributed by atoms with Gasteiger partial charge >= 0.3 is 11.9 Å². The molecule has 0 aromatic carbocycles. The van der Waals surface area contributed by atoms with Crippen LogP contribution in [0.15, 0.2) is 24.8 Å². The third-order valence-corrected chi connectivity index (χ3v) is 12.9. The van der Waals surface area contributed by atoms with Crippen molar-refractivity contribution < 1.29 is 38.1 Å². The Morgan fingerprint density at radius 2 is 1.76 bits per heavy atom. The van der Waals surface area contributed by atoms with Crippen LogP contribution in [0.4, 0.5) is 0 Å². The Morgan fingerprint density at radius 1 is 1.13 bits per heavy atom. The number of hydrogen-bond donors (Lipinski definition) is 1. The Hall–Kier alpha value is -1.52. The lowest BCUT2D eigenvalue weighted by Gasteiger charge is -2.55. The van der Waals surface area contributed by atoms with Crippen LogP contribution in [-0.4, -0.2) is 68.3 Å². The van der Waals surface area contributed by atoms with E-state index in [2.05, 4.69) is 40.9 Å². The van der Waals surface area contributed by atoms with Crippen LogP contribution in [0.3, 0.4) is 0 Å². The van der Waals surface area contributed by atoms with Gasteiger partial charge in [-0.2, -0.15) is 0 Å². The number of carbonyl (C=O) groups excluding carboxylic acids is 2. The molecule has 0 unspecified atom stereocenters. The molecule has 0 aromatic rings. The highest BCUT2D eigenvalue weighted by molar-refractivity contribution is 6.73. The lowest BCUT2D eigenvalue weighted by Crippen LogP contribution is -2.61. The molecule has 2 fully saturated rings. The van der Waals surface area contributed by atoms with Crippen molar-refractivity contribution in [2.45, 2.75) is 128 Å². The van der Waals surface area contributed by atoms with Gasteiger partial charge in [-0.25, -0.2) is 0 Å². The molecule has 0 radical (unpaired) electrons. The zero-order chi connectivity index (χ0) is 28.6. The maximum Gasteiger partial charge on any atom is 0.308 e. The van der Waals surface area contributed by atoms with Crippen LogP contribution in [0.5, 0.6) is 0 Å². The van der Waals surface area contributed by atoms with Crippen molar-refractivity contribution in [2.75, 3.05) is 13.2 Å². The lowest BCUT2D eigenvalue weighted by atomic mass is 9.80. The minimum Gasteiger partial charge on any atom is -0.462 e. The topological polar surface area (TPSA) is 101 Å². The third kappa shape index (κ3) is 9.01. The molecule has 2 aliphatic rings. The van der Waals surface area contributed by atoms with Crippen LogP contribution in [0.25, 0.3) is 0 Å². The average molecular weight is 555 g/mol. The lowest BCUT2D eigenvalue weighted by molar-refractivity contribution is -0.347. The molecule has 6 atom stereocenters. The van der Waals surface area contributed by atoms with Crippen molar-refractivity contribution in [3.05, 3.63) is 24.8 Å². The van der Waals surface area contributed by atoms with Crippen molar-refractivity contribution in [3.8, 4) is 0 Å². The Kier molecular flexibility index (Phi) is 12.2. The van der Waals surface area contributed by atoms with Crippen molar-refractivity contribution in [3.63, 3.8) is 0 Å². The van der Waals surface area contributed by atoms with Gasteiger partial charge in [-0.3, -0.25) is 9.59 Å². The van der Waals surface area contributed by atoms with E-state index in [9.17, 15) is 14.7 Å². The monoisotopic (exact) mass is 554 g/mol. The number of aliphatic hydroxyl groups excluding tert-OH is 1. The summed E-state index contributed by atoms with van der Waals surface area (Å²) in [5, 5.41) is 9.68. The number of hydrogen-bond acceptors (Lipinski definition) is 8. The Balaban J connectivity index is 2.43. The van der Waals surface area contributed by atoms with E-state index in [1.165, 1.54) is 13.0 Å². The molecule has 2 heterocycles. The van der Waals surface area contributed by atoms with Gasteiger partial charge < -0.3 is 28.5 Å². The van der Waals surface area contributed by atoms with Crippen molar-refractivity contribution in [1.29, 1.82) is 0 Å². The van der Waals surface area contributed by atoms with Crippen LogP contribution in [0.2, 0.25) is 18.1 Å². The van der Waals surface area contributed by atoms with Gasteiger partial charge in [0.25, 0.3) is 0 Å². The molecule has 0 saturated carbocycles. The van der Waals surface area contributed by atoms with Gasteiger partial charge in [-0.05, 0) is 37.4 Å². The second-order valence-electron chi connectivity index (χ2n) is 11.4. The molecule has 0 bridgehead atoms. The van der Waals surface area contributed by atoms with Crippen molar-refractivity contribution in [1.82, 2.24) is 0 Å². The largest absolute Gasteiger partial charge is 0.462 e. The normalized spacial score (nSPS) is 30.4. The maximum absolute atomic E-state index is 12.5. The van der Waals surface area contributed by atoms with Crippen LogP contribution < -0.4 is 0 Å². The SMILES string of the molecule is C=CCOC(=O)C[C@H]1C[C@H](OC(C)=O)C[C@@]2(C[C@@](C)(O[Si](CC)(CC)CC)C[C@H](CC(=C)[C@@H](C)CO)O2)O1. The molecule has 2 rings (SSSR count). The van der Waals surface area contributed by atoms with Crippen molar-refractivity contribution >= 4 is 20.3 Å². The molecule has 1 N–H and O–H groups in total. The van der Waals surface area contributed by atoms with E-state index in [1.54, 1.807) is 0 Å². The van der Waals surface area contributed by atoms with Crippen LogP contribution >= 0.6 is 0 Å². The summed E-state index contributed by atoms with van der Waals surface area (Å²) in [5.41, 5.74) is 0.366. The summed E-state index contributed by atoms with van der Waals surface area (Å²) in [4.78, 5) is 24.4. The van der Waals surface area contributed by atoms with Gasteiger partial charge in [0.05, 0.1) is 24.2 Å². The van der Waals surface area contributed by atoms with Gasteiger partial charge in [-0.1, -0.05) is 52.5 Å². The average Bonchev–Trinajstić information content (AvgIpc) is 2.84. The second kappa shape index (κ2) is 14.2. The quantitative estimate of drug-likeness (QED) is 0.172. The summed E-state index contributed by atoms with van der Waals surface area (Å²) in [6, 6.07) is 3.03. The first-order valence-electron chi connectivity index (χ1n) is 14.1. The van der Waals surface area contributed by atoms with Gasteiger partial charge in [-0.15, -0.1) is 0 Å². The predicted molar refractivity (Wildman–Crippen MR) is 149 cm³/mol. The summed E-state index contributed by atoms with van der Waals surface area (Å²) in [7, 11) is -2.00. The highest BCUT2D eigenvalue weighted by Gasteiger charge is 2.55. The smallest absolute Gasteiger partial charge is 0.308 e. The third-order valence-electron chi connectivity index (χ3n) is 8.08. The van der Waals surface area contributed by atoms with Crippen LogP contribution in [0, 0.1) is 5.92 Å². The summed E-state index contributed by atoms with van der Waals surface area (Å²) in [5.74, 6) is -1.95. The zero-order valence-electron chi connectivity index (χ0n) is 24.4. The van der Waals surface area contributed by atoms with E-state index in [-0.39, 0.29) is 37.6 Å². The first-order valence-corrected chi connectivity index (χ1v) is 16.7. The fraction of sp³-hybridized carbons (Fsp3) is 0.793. The number of rotatable bonds is 14. The standard InChI is InChI=1S/C29H50O8Si/c1-9-13-33-27(32)16-24-15-25(34-23(7)31)18-29(35-24)20-28(8,37-38(10-2,11-3)12-4)17-26(36-29)14-21(5)22(6)19-30/h9,22,24-26,30H,1,5,10-20H2,2-4,6-8H3/t22-,24+,25-,26-,28-,29+/m0/s1. The van der Waals surface area contributed by atoms with Gasteiger partial charge in [0, 0.05) is 39.2 Å². The summed E-state index contributed by atoms with van der Waals surface area (Å²) in [6.45, 7) is 20.0. The Morgan fingerprint density at radius 3 is 2.32 bits per heavy atom. The van der Waals surface area contributed by atoms with Crippen molar-refractivity contribution in [2.24, 2.45) is 5.92 Å². The molecule has 0 amide bonds. The first kappa shape index (κ1) is 32.7. The molecule has 2 saturated heterocycles. The number of carbonyl (C=O) groups is 2. The molecule has 38 heavy (non-hydrogen) atoms. The second-order valence-corrected chi connectivity index (χ2v) is 16.1. The van der Waals surface area contributed by atoms with Gasteiger partial charge in [0.1, 0.15) is 12.7 Å². The van der Waals surface area contributed by atoms with Gasteiger partial charge in [0.15, 0.2) is 14.1 Å². The Labute approximate surface area is 230 Å². The molecule has 218 valence electrons. The summed E-state index contributed by atoms with van der Waals surface area (Å²) < 4.78 is 31.3. The molecule has 8 nitrogen and oxygen atoms in total. The van der Waals surface area contributed by atoms with Gasteiger partial charge in [0.2, 0.25) is 0 Å². The number of aliphatic hydroxyl groups is 1. The Bertz CT molecular complexity index is 819. The fourth-order valence-corrected chi connectivity index (χ4v) is 9.11. The first-order chi connectivity index (χ1) is 17.9. The maximum atomic E-state index is 12.5. The van der Waals surface area contributed by atoms with E-state index in [4.69, 9.17) is 23.4 Å². The highest BCUT2D eigenvalue weighted by Crippen LogP contribution is 2.48. The number of esters is 2. The van der Waals surface area contributed by atoms with E-state index in [0.717, 1.165) is 23.7 Å². The molecule has 1 spiro atoms. The summed E-state index contributed by atoms with van der Waals surface area (Å²) in [6.07, 6.45) is 2.66. The van der Waals surface area contributed by atoms with Crippen LogP contribution in [-0.2, 0) is 33.0 Å². The number of ether oxygens (including phenoxy) is 4. The van der Waals surface area contributed by atoms with E-state index in [1.807, 2.05) is 6.92 Å². The van der Waals surface area contributed by atoms with Crippen LogP contribution in [0.1, 0.15) is 80.1 Å². The zero-order valence-corrected chi connectivity index (χ0v) is 25.4. The molecule has 9 heteroatoms. The summed E-state index contributed by atoms with van der Waals surface area (Å²) >= 11 is 0. The molecule has 0 aromatic heterocycles. The van der Waals surface area contributed by atoms with E-state index in [0.29, 0.717) is 32.1 Å². The molecular formula is C29H50O8Si. The minimum atomic E-state index is -2.00. The predicted octanol–water partition coefficient (Wildman–Crippen LogP) is 5.45. The molecular weight excluding hydrogens is 504 g/mol. The van der Waals surface area contributed by atoms with E-state index < -0.39 is 37.9 Å².